The van der Waals surface area contributed by atoms with Crippen LogP contribution in [0.4, 0.5) is 19.0 Å². The predicted octanol–water partition coefficient (Wildman–Crippen LogP) is 5.34. The lowest BCUT2D eigenvalue weighted by molar-refractivity contribution is -0.173. The third-order valence-electron chi connectivity index (χ3n) is 5.85. The third-order valence-corrected chi connectivity index (χ3v) is 5.85. The molecule has 5 nitrogen and oxygen atoms in total. The maximum Gasteiger partial charge on any atom is 0.410 e. The Bertz CT molecular complexity index is 1090. The van der Waals surface area contributed by atoms with Gasteiger partial charge in [0.25, 0.3) is 5.91 Å². The monoisotopic (exact) mass is 442 g/mol. The number of carbonyl (C=O) groups is 1. The number of amides is 1. The molecule has 3 aromatic rings. The minimum absolute atomic E-state index is 0.0875. The fraction of sp³-hybridized carbons (Fsp3) is 0.333. The molecule has 168 valence electrons. The van der Waals surface area contributed by atoms with Crippen LogP contribution in [0.15, 0.2) is 54.7 Å². The number of carbonyl (C=O) groups excluding carboxylic acids is 1. The number of anilines is 1. The smallest absolute Gasteiger partial charge is 0.363 e. The molecule has 1 amide bonds. The number of nitrogens with zero attached hydrogens (tertiary/aromatic N) is 2. The largest absolute Gasteiger partial charge is 0.410 e. The van der Waals surface area contributed by atoms with Gasteiger partial charge in [-0.25, -0.2) is 4.68 Å². The lowest BCUT2D eigenvalue weighted by Crippen LogP contribution is -2.36. The van der Waals surface area contributed by atoms with Gasteiger partial charge in [0, 0.05) is 13.0 Å². The van der Waals surface area contributed by atoms with Crippen molar-refractivity contribution >= 4 is 11.7 Å². The van der Waals surface area contributed by atoms with Crippen LogP contribution in [0.5, 0.6) is 0 Å². The molecule has 8 heteroatoms. The second-order valence-corrected chi connectivity index (χ2v) is 8.10. The van der Waals surface area contributed by atoms with Crippen LogP contribution in [0.3, 0.4) is 0 Å². The number of halogens is 3. The van der Waals surface area contributed by atoms with Crippen molar-refractivity contribution in [2.45, 2.75) is 51.5 Å². The number of aryl methyl sites for hydroxylation is 2. The maximum atomic E-state index is 13.9. The first-order chi connectivity index (χ1) is 15.3. The summed E-state index contributed by atoms with van der Waals surface area (Å²) in [6.45, 7) is 4.26. The second kappa shape index (κ2) is 8.68. The standard InChI is InChI=1S/C24H25F3N4O/c1-3-16-8-10-18(11-9-16)20-12-21(24(25,26)27)31-22(30-20)19(14-29-31)23(32)28-13-17-6-4-15(2)5-7-17/h4-11,14,20-21,30H,3,12-13H2,1-2H3,(H,28,32)/t20-,21+/m1/s1. The molecule has 1 aliphatic heterocycles. The minimum atomic E-state index is -4.49. The molecule has 0 fully saturated rings. The summed E-state index contributed by atoms with van der Waals surface area (Å²) >= 11 is 0. The van der Waals surface area contributed by atoms with Crippen molar-refractivity contribution < 1.29 is 18.0 Å². The Hall–Kier alpha value is -3.29. The molecular formula is C24H25F3N4O. The number of alkyl halides is 3. The van der Waals surface area contributed by atoms with Crippen LogP contribution in [0, 0.1) is 6.92 Å². The molecule has 0 unspecified atom stereocenters. The molecule has 0 radical (unpaired) electrons. The van der Waals surface area contributed by atoms with E-state index in [-0.39, 0.29) is 24.3 Å². The maximum absolute atomic E-state index is 13.9. The summed E-state index contributed by atoms with van der Waals surface area (Å²) in [4.78, 5) is 12.8. The molecule has 0 aliphatic carbocycles. The fourth-order valence-electron chi connectivity index (χ4n) is 3.92. The van der Waals surface area contributed by atoms with Crippen LogP contribution in [-0.4, -0.2) is 21.9 Å². The fourth-order valence-corrected chi connectivity index (χ4v) is 3.92. The molecule has 4 rings (SSSR count). The van der Waals surface area contributed by atoms with Gasteiger partial charge in [-0.05, 0) is 30.0 Å². The SMILES string of the molecule is CCc1ccc([C@H]2C[C@@H](C(F)(F)F)n3ncc(C(=O)NCc4ccc(C)cc4)c3N2)cc1. The molecule has 2 N–H and O–H groups in total. The average molecular weight is 442 g/mol. The molecule has 2 atom stereocenters. The summed E-state index contributed by atoms with van der Waals surface area (Å²) in [6, 6.07) is 12.8. The van der Waals surface area contributed by atoms with Crippen molar-refractivity contribution in [3.8, 4) is 0 Å². The van der Waals surface area contributed by atoms with Crippen molar-refractivity contribution in [2.75, 3.05) is 5.32 Å². The highest BCUT2D eigenvalue weighted by molar-refractivity contribution is 5.98. The van der Waals surface area contributed by atoms with E-state index >= 15 is 0 Å². The number of nitrogens with one attached hydrogen (secondary N) is 2. The highest BCUT2D eigenvalue weighted by atomic mass is 19.4. The summed E-state index contributed by atoms with van der Waals surface area (Å²) in [6.07, 6.45) is -2.63. The highest BCUT2D eigenvalue weighted by Crippen LogP contribution is 2.44. The third kappa shape index (κ3) is 4.49. The highest BCUT2D eigenvalue weighted by Gasteiger charge is 2.47. The van der Waals surface area contributed by atoms with Crippen molar-refractivity contribution in [3.63, 3.8) is 0 Å². The normalized spacial score (nSPS) is 18.0. The van der Waals surface area contributed by atoms with Gasteiger partial charge in [0.2, 0.25) is 0 Å². The van der Waals surface area contributed by atoms with Gasteiger partial charge in [0.05, 0.1) is 12.2 Å². The molecule has 2 aromatic carbocycles. The zero-order valence-corrected chi connectivity index (χ0v) is 17.9. The summed E-state index contributed by atoms with van der Waals surface area (Å²) in [7, 11) is 0. The summed E-state index contributed by atoms with van der Waals surface area (Å²) in [5, 5.41) is 9.83. The summed E-state index contributed by atoms with van der Waals surface area (Å²) in [5.41, 5.74) is 3.96. The van der Waals surface area contributed by atoms with Gasteiger partial charge in [0.1, 0.15) is 11.4 Å². The molecule has 0 bridgehead atoms. The van der Waals surface area contributed by atoms with E-state index in [1.165, 1.54) is 6.20 Å². The Morgan fingerprint density at radius 2 is 1.78 bits per heavy atom. The van der Waals surface area contributed by atoms with E-state index in [1.807, 2.05) is 62.4 Å². The zero-order valence-electron chi connectivity index (χ0n) is 17.9. The molecule has 1 aromatic heterocycles. The summed E-state index contributed by atoms with van der Waals surface area (Å²) in [5.74, 6) is -0.383. The average Bonchev–Trinajstić information content (AvgIpc) is 3.21. The van der Waals surface area contributed by atoms with Crippen molar-refractivity contribution in [1.29, 1.82) is 0 Å². The molecule has 0 saturated carbocycles. The van der Waals surface area contributed by atoms with Crippen molar-refractivity contribution in [2.24, 2.45) is 0 Å². The van der Waals surface area contributed by atoms with Crippen LogP contribution in [0.2, 0.25) is 0 Å². The Morgan fingerprint density at radius 1 is 1.12 bits per heavy atom. The minimum Gasteiger partial charge on any atom is -0.363 e. The lowest BCUT2D eigenvalue weighted by Gasteiger charge is -2.34. The lowest BCUT2D eigenvalue weighted by atomic mass is 9.95. The quantitative estimate of drug-likeness (QED) is 0.561. The van der Waals surface area contributed by atoms with E-state index in [0.717, 1.165) is 33.4 Å². The predicted molar refractivity (Wildman–Crippen MR) is 116 cm³/mol. The Balaban J connectivity index is 1.60. The molecule has 0 spiro atoms. The van der Waals surface area contributed by atoms with Gasteiger partial charge >= 0.3 is 6.18 Å². The van der Waals surface area contributed by atoms with E-state index in [4.69, 9.17) is 0 Å². The van der Waals surface area contributed by atoms with Gasteiger partial charge in [-0.2, -0.15) is 18.3 Å². The zero-order chi connectivity index (χ0) is 22.9. The Kier molecular flexibility index (Phi) is 5.95. The first-order valence-corrected chi connectivity index (χ1v) is 10.6. The van der Waals surface area contributed by atoms with Gasteiger partial charge in [-0.15, -0.1) is 0 Å². The number of aromatic nitrogens is 2. The Labute approximate surface area is 184 Å². The molecule has 0 saturated heterocycles. The molecular weight excluding hydrogens is 417 g/mol. The van der Waals surface area contributed by atoms with Gasteiger partial charge in [-0.1, -0.05) is 61.0 Å². The van der Waals surface area contributed by atoms with E-state index in [1.54, 1.807) is 0 Å². The van der Waals surface area contributed by atoms with Crippen LogP contribution in [0.25, 0.3) is 0 Å². The molecule has 32 heavy (non-hydrogen) atoms. The van der Waals surface area contributed by atoms with Gasteiger partial charge in [-0.3, -0.25) is 4.79 Å². The van der Waals surface area contributed by atoms with Crippen molar-refractivity contribution in [1.82, 2.24) is 15.1 Å². The first-order valence-electron chi connectivity index (χ1n) is 10.6. The number of fused-ring (bicyclic) bond motifs is 1. The molecule has 2 heterocycles. The van der Waals surface area contributed by atoms with Crippen LogP contribution in [0.1, 0.15) is 58.0 Å². The Morgan fingerprint density at radius 3 is 2.41 bits per heavy atom. The van der Waals surface area contributed by atoms with E-state index < -0.39 is 24.2 Å². The van der Waals surface area contributed by atoms with Gasteiger partial charge in [0.15, 0.2) is 6.04 Å². The summed E-state index contributed by atoms with van der Waals surface area (Å²) < 4.78 is 42.4. The van der Waals surface area contributed by atoms with E-state index in [2.05, 4.69) is 15.7 Å². The number of hydrogen-bond donors (Lipinski definition) is 2. The van der Waals surface area contributed by atoms with Crippen molar-refractivity contribution in [3.05, 3.63) is 82.5 Å². The van der Waals surface area contributed by atoms with E-state index in [0.29, 0.717) is 0 Å². The number of rotatable bonds is 5. The van der Waals surface area contributed by atoms with Crippen LogP contribution >= 0.6 is 0 Å². The first kappa shape index (κ1) is 21.9. The molecule has 1 aliphatic rings. The second-order valence-electron chi connectivity index (χ2n) is 8.10. The number of benzene rings is 2. The number of hydrogen-bond acceptors (Lipinski definition) is 3. The van der Waals surface area contributed by atoms with Gasteiger partial charge < -0.3 is 10.6 Å². The van der Waals surface area contributed by atoms with Crippen LogP contribution in [-0.2, 0) is 13.0 Å². The van der Waals surface area contributed by atoms with Crippen LogP contribution < -0.4 is 10.6 Å². The topological polar surface area (TPSA) is 59.0 Å². The van der Waals surface area contributed by atoms with E-state index in [9.17, 15) is 18.0 Å².